The number of aliphatic hydroxyl groups is 1. The molecule has 3 rings (SSSR count). The van der Waals surface area contributed by atoms with E-state index >= 15 is 0 Å². The zero-order valence-electron chi connectivity index (χ0n) is 11.6. The van der Waals surface area contributed by atoms with Crippen molar-refractivity contribution in [3.05, 3.63) is 37.5 Å². The number of ether oxygens (including phenoxy) is 1. The highest BCUT2D eigenvalue weighted by Crippen LogP contribution is 2.61. The smallest absolute Gasteiger partial charge is 0.104 e. The zero-order chi connectivity index (χ0) is 13.5. The van der Waals surface area contributed by atoms with Crippen LogP contribution in [0.15, 0.2) is 37.5 Å². The minimum Gasteiger partial charge on any atom is -0.387 e. The lowest BCUT2D eigenvalue weighted by molar-refractivity contribution is -0.137. The van der Waals surface area contributed by atoms with Crippen LogP contribution in [-0.2, 0) is 4.74 Å². The van der Waals surface area contributed by atoms with E-state index in [0.717, 1.165) is 38.5 Å². The molecule has 1 saturated carbocycles. The SMILES string of the molecule is C=CC[C@@H]1C[C@@]2(O)C[C@@H](CC=C)[C@H]3CC=CC[C@@]32O1. The Morgan fingerprint density at radius 3 is 2.74 bits per heavy atom. The molecule has 0 unspecified atom stereocenters. The van der Waals surface area contributed by atoms with E-state index in [1.807, 2.05) is 12.2 Å². The molecule has 0 amide bonds. The van der Waals surface area contributed by atoms with Gasteiger partial charge in [0.05, 0.1) is 11.7 Å². The molecule has 1 heterocycles. The van der Waals surface area contributed by atoms with E-state index in [-0.39, 0.29) is 11.7 Å². The first-order valence-corrected chi connectivity index (χ1v) is 7.42. The van der Waals surface area contributed by atoms with Gasteiger partial charge in [-0.05, 0) is 43.9 Å². The summed E-state index contributed by atoms with van der Waals surface area (Å²) in [4.78, 5) is 0. The van der Waals surface area contributed by atoms with Crippen molar-refractivity contribution in [2.75, 3.05) is 0 Å². The van der Waals surface area contributed by atoms with Gasteiger partial charge in [0.25, 0.3) is 0 Å². The van der Waals surface area contributed by atoms with Crippen molar-refractivity contribution < 1.29 is 9.84 Å². The van der Waals surface area contributed by atoms with Gasteiger partial charge in [-0.3, -0.25) is 0 Å². The van der Waals surface area contributed by atoms with Crippen molar-refractivity contribution in [3.63, 3.8) is 0 Å². The first-order chi connectivity index (χ1) is 9.15. The summed E-state index contributed by atoms with van der Waals surface area (Å²) in [7, 11) is 0. The van der Waals surface area contributed by atoms with Crippen LogP contribution in [0, 0.1) is 11.8 Å². The van der Waals surface area contributed by atoms with Gasteiger partial charge in [0.2, 0.25) is 0 Å². The molecule has 2 heteroatoms. The molecule has 5 atom stereocenters. The summed E-state index contributed by atoms with van der Waals surface area (Å²) in [5.41, 5.74) is -0.993. The van der Waals surface area contributed by atoms with E-state index in [9.17, 15) is 5.11 Å². The lowest BCUT2D eigenvalue weighted by Gasteiger charge is -2.41. The van der Waals surface area contributed by atoms with Gasteiger partial charge in [-0.2, -0.15) is 0 Å². The van der Waals surface area contributed by atoms with Crippen LogP contribution in [-0.4, -0.2) is 22.4 Å². The molecule has 0 bridgehead atoms. The van der Waals surface area contributed by atoms with Crippen LogP contribution in [0.1, 0.15) is 38.5 Å². The monoisotopic (exact) mass is 260 g/mol. The van der Waals surface area contributed by atoms with Crippen molar-refractivity contribution in [1.82, 2.24) is 0 Å². The topological polar surface area (TPSA) is 29.5 Å². The molecular weight excluding hydrogens is 236 g/mol. The molecule has 0 aromatic rings. The van der Waals surface area contributed by atoms with Crippen molar-refractivity contribution in [2.45, 2.75) is 55.8 Å². The van der Waals surface area contributed by atoms with Crippen LogP contribution in [0.3, 0.4) is 0 Å². The van der Waals surface area contributed by atoms with Crippen LogP contribution in [0.2, 0.25) is 0 Å². The van der Waals surface area contributed by atoms with Gasteiger partial charge in [0, 0.05) is 6.42 Å². The van der Waals surface area contributed by atoms with E-state index in [4.69, 9.17) is 4.74 Å². The molecule has 1 N–H and O–H groups in total. The Hall–Kier alpha value is -0.860. The summed E-state index contributed by atoms with van der Waals surface area (Å²) in [5, 5.41) is 11.2. The summed E-state index contributed by atoms with van der Waals surface area (Å²) < 4.78 is 6.39. The Bertz CT molecular complexity index is 413. The van der Waals surface area contributed by atoms with E-state index < -0.39 is 5.60 Å². The van der Waals surface area contributed by atoms with Gasteiger partial charge >= 0.3 is 0 Å². The third kappa shape index (κ3) is 1.77. The van der Waals surface area contributed by atoms with E-state index in [1.54, 1.807) is 0 Å². The summed E-state index contributed by atoms with van der Waals surface area (Å²) in [6, 6.07) is 0. The summed E-state index contributed by atoms with van der Waals surface area (Å²) in [6.45, 7) is 7.66. The number of hydrogen-bond donors (Lipinski definition) is 1. The Morgan fingerprint density at radius 2 is 2.00 bits per heavy atom. The molecule has 3 aliphatic rings. The van der Waals surface area contributed by atoms with Crippen molar-refractivity contribution in [2.24, 2.45) is 11.8 Å². The highest BCUT2D eigenvalue weighted by Gasteiger charge is 2.68. The molecule has 0 radical (unpaired) electrons. The standard InChI is InChI=1S/C17H24O2/c1-3-7-13-11-16(18)12-14(8-4-2)19-17(16)10-6-5-9-15(13)17/h3-6,13-15,18H,1-2,7-12H2/t13-,14-,15-,16+,17-/m1/s1. The number of rotatable bonds is 4. The van der Waals surface area contributed by atoms with Gasteiger partial charge in [-0.15, -0.1) is 13.2 Å². The van der Waals surface area contributed by atoms with Crippen LogP contribution in [0.5, 0.6) is 0 Å². The van der Waals surface area contributed by atoms with Crippen LogP contribution in [0.4, 0.5) is 0 Å². The Morgan fingerprint density at radius 1 is 1.21 bits per heavy atom. The van der Waals surface area contributed by atoms with Crippen molar-refractivity contribution in [3.8, 4) is 0 Å². The maximum atomic E-state index is 11.2. The normalized spacial score (nSPS) is 47.7. The van der Waals surface area contributed by atoms with Gasteiger partial charge < -0.3 is 9.84 Å². The number of hydrogen-bond acceptors (Lipinski definition) is 2. The quantitative estimate of drug-likeness (QED) is 0.785. The fourth-order valence-electron chi connectivity index (χ4n) is 4.70. The molecule has 104 valence electrons. The first-order valence-electron chi connectivity index (χ1n) is 7.42. The molecule has 0 aromatic carbocycles. The van der Waals surface area contributed by atoms with Crippen molar-refractivity contribution in [1.29, 1.82) is 0 Å². The molecule has 2 nitrogen and oxygen atoms in total. The lowest BCUT2D eigenvalue weighted by atomic mass is 9.73. The maximum absolute atomic E-state index is 11.2. The fraction of sp³-hybridized carbons (Fsp3) is 0.647. The highest BCUT2D eigenvalue weighted by atomic mass is 16.5. The molecular formula is C17H24O2. The predicted octanol–water partition coefficient (Wildman–Crippen LogP) is 3.38. The largest absolute Gasteiger partial charge is 0.387 e. The van der Waals surface area contributed by atoms with E-state index in [1.165, 1.54) is 0 Å². The van der Waals surface area contributed by atoms with Gasteiger partial charge in [0.15, 0.2) is 0 Å². The average molecular weight is 260 g/mol. The van der Waals surface area contributed by atoms with Gasteiger partial charge in [-0.25, -0.2) is 0 Å². The van der Waals surface area contributed by atoms with Gasteiger partial charge in [-0.1, -0.05) is 24.3 Å². The Labute approximate surface area is 115 Å². The van der Waals surface area contributed by atoms with Crippen LogP contribution in [0.25, 0.3) is 0 Å². The lowest BCUT2D eigenvalue weighted by Crippen LogP contribution is -2.51. The van der Waals surface area contributed by atoms with E-state index in [0.29, 0.717) is 11.8 Å². The summed E-state index contributed by atoms with van der Waals surface area (Å²) in [5.74, 6) is 0.951. The van der Waals surface area contributed by atoms with Crippen LogP contribution >= 0.6 is 0 Å². The third-order valence-corrected chi connectivity index (χ3v) is 5.37. The molecule has 2 fully saturated rings. The maximum Gasteiger partial charge on any atom is 0.104 e. The molecule has 0 aromatic heterocycles. The van der Waals surface area contributed by atoms with Crippen molar-refractivity contribution >= 4 is 0 Å². The van der Waals surface area contributed by atoms with Crippen LogP contribution < -0.4 is 0 Å². The molecule has 1 saturated heterocycles. The Kier molecular flexibility index (Phi) is 3.18. The molecule has 1 spiro atoms. The zero-order valence-corrected chi connectivity index (χ0v) is 11.6. The minimum atomic E-state index is -0.649. The second-order valence-electron chi connectivity index (χ2n) is 6.40. The summed E-state index contributed by atoms with van der Waals surface area (Å²) >= 11 is 0. The highest BCUT2D eigenvalue weighted by molar-refractivity contribution is 5.23. The average Bonchev–Trinajstić information content (AvgIpc) is 2.75. The fourth-order valence-corrected chi connectivity index (χ4v) is 4.70. The molecule has 19 heavy (non-hydrogen) atoms. The predicted molar refractivity (Wildman–Crippen MR) is 76.8 cm³/mol. The second kappa shape index (κ2) is 4.60. The van der Waals surface area contributed by atoms with Gasteiger partial charge in [0.1, 0.15) is 5.60 Å². The molecule has 1 aliphatic heterocycles. The Balaban J connectivity index is 1.92. The minimum absolute atomic E-state index is 0.140. The first kappa shape index (κ1) is 13.1. The molecule has 2 aliphatic carbocycles. The van der Waals surface area contributed by atoms with E-state index in [2.05, 4.69) is 25.3 Å². The summed E-state index contributed by atoms with van der Waals surface area (Å²) in [6.07, 6.45) is 13.8. The second-order valence-corrected chi connectivity index (χ2v) is 6.40. The number of allylic oxidation sites excluding steroid dienone is 2. The third-order valence-electron chi connectivity index (χ3n) is 5.37.